The molecular weight excluding hydrogens is 342 g/mol. The third kappa shape index (κ3) is 3.17. The normalized spacial score (nSPS) is 15.9. The number of hydrogen-bond acceptors (Lipinski definition) is 4. The quantitative estimate of drug-likeness (QED) is 0.527. The van der Waals surface area contributed by atoms with Crippen molar-refractivity contribution in [2.75, 3.05) is 6.54 Å². The molecule has 3 aromatic rings. The van der Waals surface area contributed by atoms with Crippen LogP contribution in [0, 0.1) is 10.1 Å². The van der Waals surface area contributed by atoms with Crippen LogP contribution in [0.15, 0.2) is 73.1 Å². The highest BCUT2D eigenvalue weighted by atomic mass is 16.6. The second kappa shape index (κ2) is 6.99. The smallest absolute Gasteiger partial charge is 0.269 e. The maximum Gasteiger partial charge on any atom is 0.269 e. The molecule has 0 radical (unpaired) electrons. The summed E-state index contributed by atoms with van der Waals surface area (Å²) in [6.07, 6.45) is 4.22. The van der Waals surface area contributed by atoms with Crippen LogP contribution < -0.4 is 0 Å². The monoisotopic (exact) mass is 359 g/mol. The maximum atomic E-state index is 13.2. The summed E-state index contributed by atoms with van der Waals surface area (Å²) in [6.45, 7) is 0.583. The van der Waals surface area contributed by atoms with E-state index in [1.807, 2.05) is 29.2 Å². The summed E-state index contributed by atoms with van der Waals surface area (Å²) in [5.74, 6) is -0.138. The highest BCUT2D eigenvalue weighted by Gasteiger charge is 2.32. The molecule has 0 spiro atoms. The number of pyridine rings is 1. The van der Waals surface area contributed by atoms with Gasteiger partial charge in [-0.05, 0) is 47.4 Å². The molecule has 0 saturated heterocycles. The van der Waals surface area contributed by atoms with Gasteiger partial charge in [0.2, 0.25) is 0 Å². The molecular formula is C21H17N3O3. The number of benzene rings is 2. The Morgan fingerprint density at radius 2 is 1.74 bits per heavy atom. The molecule has 0 N–H and O–H groups in total. The van der Waals surface area contributed by atoms with E-state index < -0.39 is 4.92 Å². The largest absolute Gasteiger partial charge is 0.327 e. The van der Waals surface area contributed by atoms with Crippen LogP contribution >= 0.6 is 0 Å². The molecule has 1 aliphatic heterocycles. The van der Waals surface area contributed by atoms with Crippen LogP contribution in [-0.2, 0) is 6.42 Å². The van der Waals surface area contributed by atoms with E-state index >= 15 is 0 Å². The maximum absolute atomic E-state index is 13.2. The van der Waals surface area contributed by atoms with E-state index in [4.69, 9.17) is 0 Å². The van der Waals surface area contributed by atoms with Gasteiger partial charge in [-0.25, -0.2) is 0 Å². The minimum Gasteiger partial charge on any atom is -0.327 e. The number of nitro groups is 1. The fraction of sp³-hybridized carbons (Fsp3) is 0.143. The number of carbonyl (C=O) groups is 1. The van der Waals surface area contributed by atoms with Crippen LogP contribution in [0.25, 0.3) is 0 Å². The lowest BCUT2D eigenvalue weighted by Crippen LogP contribution is -2.40. The number of hydrogen-bond donors (Lipinski definition) is 0. The van der Waals surface area contributed by atoms with E-state index in [1.54, 1.807) is 12.4 Å². The summed E-state index contributed by atoms with van der Waals surface area (Å²) in [5.41, 5.74) is 3.74. The Labute approximate surface area is 156 Å². The van der Waals surface area contributed by atoms with Crippen LogP contribution in [0.5, 0.6) is 0 Å². The van der Waals surface area contributed by atoms with Gasteiger partial charge >= 0.3 is 0 Å². The third-order valence-electron chi connectivity index (χ3n) is 4.89. The first-order valence-electron chi connectivity index (χ1n) is 8.68. The predicted molar refractivity (Wildman–Crippen MR) is 100 cm³/mol. The van der Waals surface area contributed by atoms with E-state index in [0.29, 0.717) is 12.1 Å². The first kappa shape index (κ1) is 16.9. The summed E-state index contributed by atoms with van der Waals surface area (Å²) in [5, 5.41) is 10.9. The van der Waals surface area contributed by atoms with E-state index in [0.717, 1.165) is 17.5 Å². The highest BCUT2D eigenvalue weighted by Crippen LogP contribution is 2.35. The number of nitrogens with zero attached hydrogens (tertiary/aromatic N) is 3. The van der Waals surface area contributed by atoms with Crippen LogP contribution in [0.2, 0.25) is 0 Å². The first-order valence-corrected chi connectivity index (χ1v) is 8.68. The lowest BCUT2D eigenvalue weighted by atomic mass is 9.88. The second-order valence-electron chi connectivity index (χ2n) is 6.43. The average Bonchev–Trinajstić information content (AvgIpc) is 2.73. The number of fused-ring (bicyclic) bond motifs is 1. The second-order valence-corrected chi connectivity index (χ2v) is 6.43. The highest BCUT2D eigenvalue weighted by molar-refractivity contribution is 5.95. The Morgan fingerprint density at radius 3 is 2.44 bits per heavy atom. The van der Waals surface area contributed by atoms with Crippen molar-refractivity contribution in [3.8, 4) is 0 Å². The fourth-order valence-corrected chi connectivity index (χ4v) is 3.58. The van der Waals surface area contributed by atoms with Gasteiger partial charge in [-0.15, -0.1) is 0 Å². The van der Waals surface area contributed by atoms with Crippen molar-refractivity contribution in [3.05, 3.63) is 105 Å². The average molecular weight is 359 g/mol. The number of non-ortho nitro benzene ring substituents is 1. The molecule has 0 saturated carbocycles. The molecule has 1 amide bonds. The molecule has 2 heterocycles. The molecule has 1 atom stereocenters. The molecule has 6 heteroatoms. The SMILES string of the molecule is O=C(c1ccc([N+](=O)[O-])cc1)N1CCc2ccccc2C1c1ccncc1. The molecule has 0 aliphatic carbocycles. The molecule has 1 unspecified atom stereocenters. The Hall–Kier alpha value is -3.54. The zero-order valence-electron chi connectivity index (χ0n) is 14.5. The number of nitro benzene ring substituents is 1. The van der Waals surface area contributed by atoms with Gasteiger partial charge in [-0.1, -0.05) is 24.3 Å². The number of amides is 1. The lowest BCUT2D eigenvalue weighted by molar-refractivity contribution is -0.384. The molecule has 6 nitrogen and oxygen atoms in total. The van der Waals surface area contributed by atoms with Crippen LogP contribution in [0.3, 0.4) is 0 Å². The van der Waals surface area contributed by atoms with Gasteiger partial charge in [0, 0.05) is 36.6 Å². The van der Waals surface area contributed by atoms with Gasteiger partial charge in [0.1, 0.15) is 0 Å². The Kier molecular flexibility index (Phi) is 4.38. The minimum absolute atomic E-state index is 0.0266. The Bertz CT molecular complexity index is 987. The van der Waals surface area contributed by atoms with Gasteiger partial charge in [0.25, 0.3) is 11.6 Å². The van der Waals surface area contributed by atoms with E-state index in [9.17, 15) is 14.9 Å². The standard InChI is InChI=1S/C21H17N3O3/c25-21(17-5-7-18(8-6-17)24(26)27)23-14-11-15-3-1-2-4-19(15)20(23)16-9-12-22-13-10-16/h1-10,12-13,20H,11,14H2. The van der Waals surface area contributed by atoms with E-state index in [1.165, 1.54) is 29.8 Å². The molecule has 4 rings (SSSR count). The first-order chi connectivity index (χ1) is 13.1. The molecule has 1 aliphatic rings. The van der Waals surface area contributed by atoms with Crippen molar-refractivity contribution in [3.63, 3.8) is 0 Å². The van der Waals surface area contributed by atoms with Gasteiger partial charge in [-0.3, -0.25) is 19.9 Å². The van der Waals surface area contributed by atoms with Crippen LogP contribution in [0.1, 0.15) is 33.1 Å². The third-order valence-corrected chi connectivity index (χ3v) is 4.89. The number of carbonyl (C=O) groups excluding carboxylic acids is 1. The van der Waals surface area contributed by atoms with Gasteiger partial charge in [-0.2, -0.15) is 0 Å². The summed E-state index contributed by atoms with van der Waals surface area (Å²) in [7, 11) is 0. The molecule has 134 valence electrons. The molecule has 2 aromatic carbocycles. The Balaban J connectivity index is 1.74. The van der Waals surface area contributed by atoms with Crippen molar-refractivity contribution >= 4 is 11.6 Å². The zero-order valence-corrected chi connectivity index (χ0v) is 14.5. The van der Waals surface area contributed by atoms with Gasteiger partial charge < -0.3 is 4.90 Å². The molecule has 27 heavy (non-hydrogen) atoms. The van der Waals surface area contributed by atoms with Crippen molar-refractivity contribution in [1.82, 2.24) is 9.88 Å². The van der Waals surface area contributed by atoms with Crippen molar-refractivity contribution in [2.45, 2.75) is 12.5 Å². The molecule has 1 aromatic heterocycles. The van der Waals surface area contributed by atoms with Crippen LogP contribution in [0.4, 0.5) is 5.69 Å². The van der Waals surface area contributed by atoms with Crippen LogP contribution in [-0.4, -0.2) is 27.3 Å². The van der Waals surface area contributed by atoms with Crippen molar-refractivity contribution in [1.29, 1.82) is 0 Å². The Morgan fingerprint density at radius 1 is 1.04 bits per heavy atom. The number of aromatic nitrogens is 1. The fourth-order valence-electron chi connectivity index (χ4n) is 3.58. The summed E-state index contributed by atoms with van der Waals surface area (Å²) in [4.78, 5) is 29.5. The van der Waals surface area contributed by atoms with Gasteiger partial charge in [0.05, 0.1) is 11.0 Å². The molecule has 0 fully saturated rings. The molecule has 0 bridgehead atoms. The zero-order chi connectivity index (χ0) is 18.8. The summed E-state index contributed by atoms with van der Waals surface area (Å²) in [6, 6.07) is 17.5. The van der Waals surface area contributed by atoms with E-state index in [2.05, 4.69) is 17.1 Å². The minimum atomic E-state index is -0.467. The van der Waals surface area contributed by atoms with Gasteiger partial charge in [0.15, 0.2) is 0 Å². The summed E-state index contributed by atoms with van der Waals surface area (Å²) >= 11 is 0. The predicted octanol–water partition coefficient (Wildman–Crippen LogP) is 3.78. The summed E-state index contributed by atoms with van der Waals surface area (Å²) < 4.78 is 0. The topological polar surface area (TPSA) is 76.3 Å². The van der Waals surface area contributed by atoms with Crippen molar-refractivity contribution < 1.29 is 9.72 Å². The van der Waals surface area contributed by atoms with Crippen molar-refractivity contribution in [2.24, 2.45) is 0 Å². The number of rotatable bonds is 3. The van der Waals surface area contributed by atoms with E-state index in [-0.39, 0.29) is 17.6 Å². The lowest BCUT2D eigenvalue weighted by Gasteiger charge is -2.37.